The first kappa shape index (κ1) is 27.8. The fourth-order valence-corrected chi connectivity index (χ4v) is 4.25. The SMILES string of the molecule is CC(C)CCCC(C)CCCC(C)CCCC(C)CCOC1OCC(O)[C@H](O)[C@@H]1O. The van der Waals surface area contributed by atoms with Crippen molar-refractivity contribution in [3.8, 4) is 0 Å². The first-order valence-electron chi connectivity index (χ1n) is 12.5. The molecule has 1 rings (SSSR count). The minimum atomic E-state index is -1.20. The molecule has 180 valence electrons. The van der Waals surface area contributed by atoms with Gasteiger partial charge in [-0.2, -0.15) is 0 Å². The second kappa shape index (κ2) is 15.6. The molecule has 5 nitrogen and oxygen atoms in total. The minimum Gasteiger partial charge on any atom is -0.388 e. The molecule has 0 spiro atoms. The molecule has 7 atom stereocenters. The van der Waals surface area contributed by atoms with E-state index in [1.54, 1.807) is 0 Å². The van der Waals surface area contributed by atoms with Gasteiger partial charge in [-0.05, 0) is 30.1 Å². The van der Waals surface area contributed by atoms with E-state index in [4.69, 9.17) is 9.47 Å². The summed E-state index contributed by atoms with van der Waals surface area (Å²) in [6.45, 7) is 12.2. The maximum absolute atomic E-state index is 9.88. The molecule has 5 unspecified atom stereocenters. The van der Waals surface area contributed by atoms with Gasteiger partial charge >= 0.3 is 0 Å². The Balaban J connectivity index is 2.02. The first-order chi connectivity index (χ1) is 14.2. The Morgan fingerprint density at radius 1 is 0.700 bits per heavy atom. The van der Waals surface area contributed by atoms with Crippen LogP contribution in [0.5, 0.6) is 0 Å². The van der Waals surface area contributed by atoms with Gasteiger partial charge in [-0.1, -0.05) is 92.4 Å². The van der Waals surface area contributed by atoms with Gasteiger partial charge in [-0.3, -0.25) is 0 Å². The molecule has 5 heteroatoms. The van der Waals surface area contributed by atoms with E-state index < -0.39 is 24.6 Å². The Hall–Kier alpha value is -0.200. The Morgan fingerprint density at radius 3 is 1.67 bits per heavy atom. The molecule has 1 aliphatic rings. The molecule has 0 aromatic rings. The van der Waals surface area contributed by atoms with Crippen LogP contribution in [0.2, 0.25) is 0 Å². The van der Waals surface area contributed by atoms with Crippen LogP contribution < -0.4 is 0 Å². The maximum atomic E-state index is 9.88. The predicted molar refractivity (Wildman–Crippen MR) is 122 cm³/mol. The highest BCUT2D eigenvalue weighted by Crippen LogP contribution is 2.23. The average molecular weight is 431 g/mol. The number of hydrogen-bond acceptors (Lipinski definition) is 5. The summed E-state index contributed by atoms with van der Waals surface area (Å²) < 4.78 is 10.9. The van der Waals surface area contributed by atoms with E-state index in [2.05, 4.69) is 34.6 Å². The summed E-state index contributed by atoms with van der Waals surface area (Å²) in [5, 5.41) is 29.0. The number of aliphatic hydroxyl groups excluding tert-OH is 3. The summed E-state index contributed by atoms with van der Waals surface area (Å²) in [4.78, 5) is 0. The lowest BCUT2D eigenvalue weighted by atomic mass is 9.91. The van der Waals surface area contributed by atoms with E-state index in [0.29, 0.717) is 12.5 Å². The molecule has 0 bridgehead atoms. The molecule has 0 aromatic carbocycles. The number of rotatable bonds is 16. The van der Waals surface area contributed by atoms with Gasteiger partial charge in [-0.25, -0.2) is 0 Å². The van der Waals surface area contributed by atoms with Crippen LogP contribution in [0.1, 0.15) is 98.8 Å². The molecular weight excluding hydrogens is 380 g/mol. The third-order valence-electron chi connectivity index (χ3n) is 6.61. The summed E-state index contributed by atoms with van der Waals surface area (Å²) >= 11 is 0. The van der Waals surface area contributed by atoms with Crippen molar-refractivity contribution in [3.05, 3.63) is 0 Å². The lowest BCUT2D eigenvalue weighted by molar-refractivity contribution is -0.270. The highest BCUT2D eigenvalue weighted by Gasteiger charge is 2.38. The lowest BCUT2D eigenvalue weighted by Gasteiger charge is -2.35. The van der Waals surface area contributed by atoms with Gasteiger partial charge in [0.1, 0.15) is 18.3 Å². The molecule has 0 amide bonds. The van der Waals surface area contributed by atoms with Gasteiger partial charge in [-0.15, -0.1) is 0 Å². The first-order valence-corrected chi connectivity index (χ1v) is 12.5. The third-order valence-corrected chi connectivity index (χ3v) is 6.61. The van der Waals surface area contributed by atoms with Gasteiger partial charge in [0.05, 0.1) is 13.2 Å². The van der Waals surface area contributed by atoms with Crippen molar-refractivity contribution >= 4 is 0 Å². The number of hydrogen-bond donors (Lipinski definition) is 3. The highest BCUT2D eigenvalue weighted by atomic mass is 16.7. The Morgan fingerprint density at radius 2 is 1.17 bits per heavy atom. The molecule has 1 heterocycles. The fraction of sp³-hybridized carbons (Fsp3) is 1.00. The number of ether oxygens (including phenoxy) is 2. The third kappa shape index (κ3) is 12.0. The van der Waals surface area contributed by atoms with Gasteiger partial charge in [0.15, 0.2) is 6.29 Å². The summed E-state index contributed by atoms with van der Waals surface area (Å²) in [6, 6.07) is 0. The van der Waals surface area contributed by atoms with Gasteiger partial charge in [0.2, 0.25) is 0 Å². The molecule has 1 aliphatic heterocycles. The standard InChI is InChI=1S/C25H50O5/c1-18(2)9-6-10-19(3)11-7-12-20(4)13-8-14-21(5)15-16-29-25-24(28)23(27)22(26)17-30-25/h18-28H,6-17H2,1-5H3/t19?,20?,21?,22?,23-,24-,25?/m0/s1. The molecular formula is C25H50O5. The lowest BCUT2D eigenvalue weighted by Crippen LogP contribution is -2.53. The van der Waals surface area contributed by atoms with Gasteiger partial charge in [0.25, 0.3) is 0 Å². The van der Waals surface area contributed by atoms with Crippen molar-refractivity contribution in [2.75, 3.05) is 13.2 Å². The van der Waals surface area contributed by atoms with Crippen LogP contribution in [0.3, 0.4) is 0 Å². The van der Waals surface area contributed by atoms with Crippen LogP contribution in [-0.2, 0) is 9.47 Å². The van der Waals surface area contributed by atoms with Crippen LogP contribution in [0, 0.1) is 23.7 Å². The van der Waals surface area contributed by atoms with Gasteiger partial charge < -0.3 is 24.8 Å². The zero-order valence-corrected chi connectivity index (χ0v) is 20.3. The summed E-state index contributed by atoms with van der Waals surface area (Å²) in [6.07, 6.45) is 8.56. The highest BCUT2D eigenvalue weighted by molar-refractivity contribution is 4.82. The van der Waals surface area contributed by atoms with Crippen LogP contribution in [-0.4, -0.2) is 53.1 Å². The van der Waals surface area contributed by atoms with Crippen molar-refractivity contribution in [1.29, 1.82) is 0 Å². The second-order valence-electron chi connectivity index (χ2n) is 10.4. The predicted octanol–water partition coefficient (Wildman–Crippen LogP) is 4.91. The summed E-state index contributed by atoms with van der Waals surface area (Å²) in [5.74, 6) is 3.07. The van der Waals surface area contributed by atoms with Crippen molar-refractivity contribution in [2.45, 2.75) is 123 Å². The largest absolute Gasteiger partial charge is 0.388 e. The normalized spacial score (nSPS) is 27.9. The molecule has 0 aliphatic carbocycles. The maximum Gasteiger partial charge on any atom is 0.186 e. The summed E-state index contributed by atoms with van der Waals surface area (Å²) in [5.41, 5.74) is 0. The molecule has 0 saturated carbocycles. The molecule has 30 heavy (non-hydrogen) atoms. The van der Waals surface area contributed by atoms with E-state index in [-0.39, 0.29) is 6.61 Å². The van der Waals surface area contributed by atoms with E-state index in [1.165, 1.54) is 57.8 Å². The van der Waals surface area contributed by atoms with E-state index >= 15 is 0 Å². The zero-order valence-electron chi connectivity index (χ0n) is 20.3. The topological polar surface area (TPSA) is 79.2 Å². The van der Waals surface area contributed by atoms with Crippen LogP contribution >= 0.6 is 0 Å². The molecule has 1 fully saturated rings. The van der Waals surface area contributed by atoms with Crippen molar-refractivity contribution in [1.82, 2.24) is 0 Å². The minimum absolute atomic E-state index is 0.00689. The van der Waals surface area contributed by atoms with E-state index in [0.717, 1.165) is 24.2 Å². The Labute approximate surface area is 185 Å². The number of aliphatic hydroxyl groups is 3. The average Bonchev–Trinajstić information content (AvgIpc) is 2.67. The van der Waals surface area contributed by atoms with Crippen molar-refractivity contribution in [2.24, 2.45) is 23.7 Å². The summed E-state index contributed by atoms with van der Waals surface area (Å²) in [7, 11) is 0. The second-order valence-corrected chi connectivity index (χ2v) is 10.4. The fourth-order valence-electron chi connectivity index (χ4n) is 4.25. The van der Waals surface area contributed by atoms with Crippen molar-refractivity contribution < 1.29 is 24.8 Å². The molecule has 0 aromatic heterocycles. The quantitative estimate of drug-likeness (QED) is 0.324. The van der Waals surface area contributed by atoms with Crippen molar-refractivity contribution in [3.63, 3.8) is 0 Å². The molecule has 0 radical (unpaired) electrons. The van der Waals surface area contributed by atoms with E-state index in [1.807, 2.05) is 0 Å². The van der Waals surface area contributed by atoms with E-state index in [9.17, 15) is 15.3 Å². The van der Waals surface area contributed by atoms with Crippen LogP contribution in [0.4, 0.5) is 0 Å². The smallest absolute Gasteiger partial charge is 0.186 e. The van der Waals surface area contributed by atoms with Crippen LogP contribution in [0.25, 0.3) is 0 Å². The molecule has 1 saturated heterocycles. The monoisotopic (exact) mass is 430 g/mol. The van der Waals surface area contributed by atoms with Crippen LogP contribution in [0.15, 0.2) is 0 Å². The Kier molecular flexibility index (Phi) is 14.5. The van der Waals surface area contributed by atoms with Gasteiger partial charge in [0, 0.05) is 0 Å². The Bertz CT molecular complexity index is 416. The molecule has 3 N–H and O–H groups in total. The zero-order chi connectivity index (χ0) is 22.5.